The molecule has 88 valence electrons. The average Bonchev–Trinajstić information content (AvgIpc) is 2.22. The minimum absolute atomic E-state index is 0.0817. The summed E-state index contributed by atoms with van der Waals surface area (Å²) in [5, 5.41) is 10.9. The van der Waals surface area contributed by atoms with Crippen LogP contribution in [0.2, 0.25) is 0 Å². The molecule has 0 aliphatic rings. The second-order valence-electron chi connectivity index (χ2n) is 3.37. The normalized spacial score (nSPS) is 12.5. The van der Waals surface area contributed by atoms with Gasteiger partial charge in [0, 0.05) is 6.04 Å². The second-order valence-corrected chi connectivity index (χ2v) is 4.70. The molecular formula is C10H19NO3S. The van der Waals surface area contributed by atoms with Crippen molar-refractivity contribution in [1.82, 2.24) is 5.32 Å². The van der Waals surface area contributed by atoms with Crippen molar-refractivity contribution in [2.75, 3.05) is 5.75 Å². The number of thioether (sulfide) groups is 1. The second kappa shape index (κ2) is 7.56. The number of aliphatic carboxylic acids is 1. The lowest BCUT2D eigenvalue weighted by atomic mass is 10.2. The third-order valence-corrected chi connectivity index (χ3v) is 3.29. The molecule has 0 fully saturated rings. The fraction of sp³-hybridized carbons (Fsp3) is 0.800. The Kier molecular flexibility index (Phi) is 7.21. The molecule has 1 unspecified atom stereocenters. The smallest absolute Gasteiger partial charge is 0.316 e. The quantitative estimate of drug-likeness (QED) is 0.699. The van der Waals surface area contributed by atoms with Gasteiger partial charge in [0.15, 0.2) is 0 Å². The Labute approximate surface area is 94.8 Å². The van der Waals surface area contributed by atoms with Crippen LogP contribution < -0.4 is 5.32 Å². The summed E-state index contributed by atoms with van der Waals surface area (Å²) in [4.78, 5) is 21.9. The van der Waals surface area contributed by atoms with Crippen LogP contribution in [0.4, 0.5) is 0 Å². The maximum absolute atomic E-state index is 11.4. The van der Waals surface area contributed by atoms with E-state index < -0.39 is 11.2 Å². The highest BCUT2D eigenvalue weighted by molar-refractivity contribution is 8.01. The minimum Gasteiger partial charge on any atom is -0.480 e. The highest BCUT2D eigenvalue weighted by Gasteiger charge is 2.14. The van der Waals surface area contributed by atoms with Gasteiger partial charge in [-0.2, -0.15) is 0 Å². The molecule has 0 aromatic rings. The lowest BCUT2D eigenvalue weighted by Crippen LogP contribution is -2.35. The van der Waals surface area contributed by atoms with Crippen molar-refractivity contribution in [3.8, 4) is 0 Å². The topological polar surface area (TPSA) is 66.4 Å². The van der Waals surface area contributed by atoms with Gasteiger partial charge >= 0.3 is 5.97 Å². The third kappa shape index (κ3) is 6.38. The summed E-state index contributed by atoms with van der Waals surface area (Å²) >= 11 is 1.14. The fourth-order valence-corrected chi connectivity index (χ4v) is 1.66. The predicted octanol–water partition coefficient (Wildman–Crippen LogP) is 1.50. The van der Waals surface area contributed by atoms with Gasteiger partial charge in [-0.25, -0.2) is 0 Å². The molecule has 0 radical (unpaired) electrons. The molecule has 1 atom stereocenters. The zero-order valence-electron chi connectivity index (χ0n) is 9.45. The van der Waals surface area contributed by atoms with Gasteiger partial charge in [-0.15, -0.1) is 11.8 Å². The van der Waals surface area contributed by atoms with Gasteiger partial charge in [0.1, 0.15) is 0 Å². The van der Waals surface area contributed by atoms with Crippen LogP contribution in [0.15, 0.2) is 0 Å². The predicted molar refractivity (Wildman–Crippen MR) is 62.1 cm³/mol. The van der Waals surface area contributed by atoms with Crippen molar-refractivity contribution in [3.63, 3.8) is 0 Å². The number of amides is 1. The summed E-state index contributed by atoms with van der Waals surface area (Å²) in [7, 11) is 0. The number of hydrogen-bond acceptors (Lipinski definition) is 3. The van der Waals surface area contributed by atoms with Gasteiger partial charge < -0.3 is 10.4 Å². The minimum atomic E-state index is -0.879. The van der Waals surface area contributed by atoms with Crippen LogP contribution in [-0.4, -0.2) is 34.0 Å². The Bertz CT molecular complexity index is 217. The summed E-state index contributed by atoms with van der Waals surface area (Å²) in [6.07, 6.45) is 1.81. The molecule has 0 aliphatic carbocycles. The molecular weight excluding hydrogens is 214 g/mol. The molecule has 0 bridgehead atoms. The van der Waals surface area contributed by atoms with Crippen LogP contribution in [0, 0.1) is 0 Å². The molecule has 2 N–H and O–H groups in total. The fourth-order valence-electron chi connectivity index (χ4n) is 1.03. The van der Waals surface area contributed by atoms with Gasteiger partial charge in [-0.3, -0.25) is 9.59 Å². The number of nitrogens with one attached hydrogen (secondary N) is 1. The molecule has 4 nitrogen and oxygen atoms in total. The Balaban J connectivity index is 3.79. The average molecular weight is 233 g/mol. The number of carbonyl (C=O) groups excluding carboxylic acids is 1. The number of rotatable bonds is 7. The van der Waals surface area contributed by atoms with Gasteiger partial charge in [0.05, 0.1) is 11.0 Å². The summed E-state index contributed by atoms with van der Waals surface area (Å²) in [5.74, 6) is -0.749. The summed E-state index contributed by atoms with van der Waals surface area (Å²) in [6.45, 7) is 5.61. The van der Waals surface area contributed by atoms with E-state index in [1.165, 1.54) is 0 Å². The molecule has 0 aromatic heterocycles. The van der Waals surface area contributed by atoms with Gasteiger partial charge in [-0.05, 0) is 19.8 Å². The Morgan fingerprint density at radius 3 is 2.27 bits per heavy atom. The van der Waals surface area contributed by atoms with E-state index in [4.69, 9.17) is 5.11 Å². The standard InChI is InChI=1S/C10H19NO3S/c1-4-8(5-2)11-9(12)6-15-7(3)10(13)14/h7-8H,4-6H2,1-3H3,(H,11,12)(H,13,14). The lowest BCUT2D eigenvalue weighted by molar-refractivity contribution is -0.136. The Hall–Kier alpha value is -0.710. The zero-order chi connectivity index (χ0) is 11.8. The van der Waals surface area contributed by atoms with Gasteiger partial charge in [-0.1, -0.05) is 13.8 Å². The third-order valence-electron chi connectivity index (χ3n) is 2.16. The summed E-state index contributed by atoms with van der Waals surface area (Å²) in [6, 6.07) is 0.207. The van der Waals surface area contributed by atoms with E-state index in [0.717, 1.165) is 24.6 Å². The first-order chi connectivity index (χ1) is 7.01. The van der Waals surface area contributed by atoms with E-state index in [9.17, 15) is 9.59 Å². The van der Waals surface area contributed by atoms with Crippen molar-refractivity contribution >= 4 is 23.6 Å². The van der Waals surface area contributed by atoms with Crippen LogP contribution in [-0.2, 0) is 9.59 Å². The van der Waals surface area contributed by atoms with Crippen molar-refractivity contribution < 1.29 is 14.7 Å². The molecule has 0 heterocycles. The van der Waals surface area contributed by atoms with E-state index in [2.05, 4.69) is 5.32 Å². The number of carbonyl (C=O) groups is 2. The number of hydrogen-bond donors (Lipinski definition) is 2. The van der Waals surface area contributed by atoms with E-state index in [0.29, 0.717) is 0 Å². The van der Waals surface area contributed by atoms with Crippen LogP contribution in [0.5, 0.6) is 0 Å². The first kappa shape index (κ1) is 14.3. The Morgan fingerprint density at radius 2 is 1.87 bits per heavy atom. The van der Waals surface area contributed by atoms with Crippen LogP contribution in [0.1, 0.15) is 33.6 Å². The summed E-state index contributed by atoms with van der Waals surface area (Å²) < 4.78 is 0. The van der Waals surface area contributed by atoms with Crippen molar-refractivity contribution in [1.29, 1.82) is 0 Å². The molecule has 0 aromatic carbocycles. The highest BCUT2D eigenvalue weighted by atomic mass is 32.2. The largest absolute Gasteiger partial charge is 0.480 e. The van der Waals surface area contributed by atoms with Gasteiger partial charge in [0.2, 0.25) is 5.91 Å². The first-order valence-corrected chi connectivity index (χ1v) is 6.19. The molecule has 1 amide bonds. The number of carboxylic acids is 1. The zero-order valence-corrected chi connectivity index (χ0v) is 10.3. The maximum Gasteiger partial charge on any atom is 0.316 e. The molecule has 0 spiro atoms. The molecule has 0 saturated carbocycles. The van der Waals surface area contributed by atoms with Gasteiger partial charge in [0.25, 0.3) is 0 Å². The van der Waals surface area contributed by atoms with Crippen LogP contribution >= 0.6 is 11.8 Å². The van der Waals surface area contributed by atoms with E-state index >= 15 is 0 Å². The molecule has 5 heteroatoms. The van der Waals surface area contributed by atoms with E-state index in [1.807, 2.05) is 13.8 Å². The van der Waals surface area contributed by atoms with Crippen LogP contribution in [0.25, 0.3) is 0 Å². The molecule has 0 aliphatic heterocycles. The highest BCUT2D eigenvalue weighted by Crippen LogP contribution is 2.10. The SMILES string of the molecule is CCC(CC)NC(=O)CSC(C)C(=O)O. The maximum atomic E-state index is 11.4. The number of carboxylic acid groups (broad SMARTS) is 1. The van der Waals surface area contributed by atoms with Crippen molar-refractivity contribution in [2.24, 2.45) is 0 Å². The van der Waals surface area contributed by atoms with Crippen molar-refractivity contribution in [3.05, 3.63) is 0 Å². The molecule has 15 heavy (non-hydrogen) atoms. The lowest BCUT2D eigenvalue weighted by Gasteiger charge is -2.14. The first-order valence-electron chi connectivity index (χ1n) is 5.15. The molecule has 0 rings (SSSR count). The van der Waals surface area contributed by atoms with E-state index in [-0.39, 0.29) is 17.7 Å². The van der Waals surface area contributed by atoms with E-state index in [1.54, 1.807) is 6.92 Å². The molecule has 0 saturated heterocycles. The Morgan fingerprint density at radius 1 is 1.33 bits per heavy atom. The monoisotopic (exact) mass is 233 g/mol. The van der Waals surface area contributed by atoms with Crippen molar-refractivity contribution in [2.45, 2.75) is 44.9 Å². The summed E-state index contributed by atoms with van der Waals surface area (Å²) in [5.41, 5.74) is 0. The van der Waals surface area contributed by atoms with Crippen LogP contribution in [0.3, 0.4) is 0 Å².